The zero-order chi connectivity index (χ0) is 25.3. The van der Waals surface area contributed by atoms with Gasteiger partial charge in [0.2, 0.25) is 10.0 Å². The molecule has 1 aliphatic carbocycles. The third-order valence-corrected chi connectivity index (χ3v) is 9.69. The van der Waals surface area contributed by atoms with Gasteiger partial charge >= 0.3 is 0 Å². The molecule has 3 aromatic rings. The molecule has 2 fully saturated rings. The van der Waals surface area contributed by atoms with Crippen molar-refractivity contribution < 1.29 is 13.2 Å². The number of carbonyl (C=O) groups excluding carboxylic acids is 1. The number of hydrogen-bond acceptors (Lipinski definition) is 5. The Balaban J connectivity index is 1.57. The van der Waals surface area contributed by atoms with Crippen LogP contribution in [0.3, 0.4) is 0 Å². The first-order valence-electron chi connectivity index (χ1n) is 13.0. The molecule has 0 bridgehead atoms. The van der Waals surface area contributed by atoms with Gasteiger partial charge in [-0.2, -0.15) is 4.31 Å². The van der Waals surface area contributed by atoms with Crippen LogP contribution in [0.2, 0.25) is 0 Å². The number of rotatable bonds is 5. The Morgan fingerprint density at radius 1 is 1.03 bits per heavy atom. The standard InChI is InChI=1S/C28H34N4O3S/c1-19-11-14-32(15-12-19)36(34,35)22-9-10-26-23(16-22)24(17-27(30-26)21-7-5-13-29-18-21)28(33)31-25-8-4-3-6-20(25)2/h5,7,9-10,13,16-20,25H,3-4,6,8,11-12,14-15H2,1-2H3,(H,31,33)/t20-,25+/m0/s1. The van der Waals surface area contributed by atoms with Crippen LogP contribution >= 0.6 is 0 Å². The maximum Gasteiger partial charge on any atom is 0.252 e. The van der Waals surface area contributed by atoms with E-state index in [0.29, 0.717) is 47.1 Å². The molecule has 0 spiro atoms. The zero-order valence-corrected chi connectivity index (χ0v) is 21.8. The molecule has 1 aliphatic heterocycles. The molecule has 0 unspecified atom stereocenters. The molecule has 1 saturated carbocycles. The molecular formula is C28H34N4O3S. The van der Waals surface area contributed by atoms with Gasteiger partial charge in [-0.15, -0.1) is 0 Å². The van der Waals surface area contributed by atoms with Gasteiger partial charge in [0.25, 0.3) is 5.91 Å². The number of carbonyl (C=O) groups is 1. The zero-order valence-electron chi connectivity index (χ0n) is 21.0. The molecule has 7 nitrogen and oxygen atoms in total. The van der Waals surface area contributed by atoms with E-state index in [1.165, 1.54) is 6.42 Å². The number of sulfonamides is 1. The minimum absolute atomic E-state index is 0.110. The lowest BCUT2D eigenvalue weighted by atomic mass is 9.86. The maximum absolute atomic E-state index is 13.6. The van der Waals surface area contributed by atoms with Gasteiger partial charge in [-0.3, -0.25) is 9.78 Å². The van der Waals surface area contributed by atoms with Gasteiger partial charge in [0.1, 0.15) is 0 Å². The normalized spacial score (nSPS) is 21.9. The Bertz CT molecular complexity index is 1350. The largest absolute Gasteiger partial charge is 0.349 e. The predicted octanol–water partition coefficient (Wildman–Crippen LogP) is 5.03. The van der Waals surface area contributed by atoms with E-state index in [1.807, 2.05) is 12.1 Å². The molecule has 8 heteroatoms. The van der Waals surface area contributed by atoms with Crippen molar-refractivity contribution in [2.45, 2.75) is 63.3 Å². The van der Waals surface area contributed by atoms with Gasteiger partial charge in [-0.25, -0.2) is 13.4 Å². The van der Waals surface area contributed by atoms with Gasteiger partial charge in [0, 0.05) is 42.5 Å². The lowest BCUT2D eigenvalue weighted by Gasteiger charge is -2.30. The van der Waals surface area contributed by atoms with Crippen LogP contribution in [0.4, 0.5) is 0 Å². The van der Waals surface area contributed by atoms with Gasteiger partial charge in [-0.1, -0.05) is 26.7 Å². The quantitative estimate of drug-likeness (QED) is 0.524. The second kappa shape index (κ2) is 10.3. The van der Waals surface area contributed by atoms with Crippen molar-refractivity contribution in [1.82, 2.24) is 19.6 Å². The van der Waals surface area contributed by atoms with E-state index in [9.17, 15) is 13.2 Å². The van der Waals surface area contributed by atoms with Crippen molar-refractivity contribution in [1.29, 1.82) is 0 Å². The summed E-state index contributed by atoms with van der Waals surface area (Å²) in [5.74, 6) is 0.749. The van der Waals surface area contributed by atoms with Crippen molar-refractivity contribution >= 4 is 26.8 Å². The average Bonchev–Trinajstić information content (AvgIpc) is 2.89. The number of piperidine rings is 1. The van der Waals surface area contributed by atoms with Crippen LogP contribution in [0.25, 0.3) is 22.2 Å². The van der Waals surface area contributed by atoms with Crippen LogP contribution in [-0.2, 0) is 10.0 Å². The Morgan fingerprint density at radius 2 is 1.81 bits per heavy atom. The number of nitrogens with one attached hydrogen (secondary N) is 1. The summed E-state index contributed by atoms with van der Waals surface area (Å²) >= 11 is 0. The fourth-order valence-electron chi connectivity index (χ4n) is 5.37. The Hall–Kier alpha value is -2.84. The first kappa shape index (κ1) is 24.8. The molecule has 2 aromatic heterocycles. The Morgan fingerprint density at radius 3 is 2.53 bits per heavy atom. The van der Waals surface area contributed by atoms with Crippen LogP contribution in [0, 0.1) is 11.8 Å². The van der Waals surface area contributed by atoms with Gasteiger partial charge < -0.3 is 5.32 Å². The summed E-state index contributed by atoms with van der Waals surface area (Å²) in [4.78, 5) is 22.8. The van der Waals surface area contributed by atoms with Crippen molar-refractivity contribution in [3.8, 4) is 11.3 Å². The minimum Gasteiger partial charge on any atom is -0.349 e. The fraction of sp³-hybridized carbons (Fsp3) is 0.464. The van der Waals surface area contributed by atoms with Crippen LogP contribution < -0.4 is 5.32 Å². The van der Waals surface area contributed by atoms with Crippen molar-refractivity contribution in [3.05, 3.63) is 54.4 Å². The van der Waals surface area contributed by atoms with Crippen LogP contribution in [-0.4, -0.2) is 47.7 Å². The summed E-state index contributed by atoms with van der Waals surface area (Å²) in [7, 11) is -3.65. The van der Waals surface area contributed by atoms with Crippen molar-refractivity contribution in [2.75, 3.05) is 13.1 Å². The SMILES string of the molecule is CC1CCN(S(=O)(=O)c2ccc3nc(-c4cccnc4)cc(C(=O)N[C@@H]4CCCC[C@@H]4C)c3c2)CC1. The molecule has 1 saturated heterocycles. The summed E-state index contributed by atoms with van der Waals surface area (Å²) in [6.45, 7) is 5.38. The summed E-state index contributed by atoms with van der Waals surface area (Å²) in [5.41, 5.74) is 2.47. The molecule has 0 radical (unpaired) electrons. The number of nitrogens with zero attached hydrogens (tertiary/aromatic N) is 3. The van der Waals surface area contributed by atoms with E-state index in [4.69, 9.17) is 4.98 Å². The molecule has 1 aromatic carbocycles. The van der Waals surface area contributed by atoms with Gasteiger partial charge in [0.05, 0.1) is 21.7 Å². The average molecular weight is 507 g/mol. The van der Waals surface area contributed by atoms with E-state index in [2.05, 4.69) is 24.1 Å². The second-order valence-electron chi connectivity index (χ2n) is 10.4. The van der Waals surface area contributed by atoms with Crippen LogP contribution in [0.15, 0.2) is 53.7 Å². The first-order chi connectivity index (χ1) is 17.3. The summed E-state index contributed by atoms with van der Waals surface area (Å²) < 4.78 is 28.5. The van der Waals surface area contributed by atoms with E-state index < -0.39 is 10.0 Å². The molecule has 5 rings (SSSR count). The number of benzene rings is 1. The molecule has 190 valence electrons. The minimum atomic E-state index is -3.65. The number of amides is 1. The number of pyridine rings is 2. The Kier molecular flexibility index (Phi) is 7.08. The van der Waals surface area contributed by atoms with E-state index in [0.717, 1.165) is 37.7 Å². The number of aromatic nitrogens is 2. The van der Waals surface area contributed by atoms with Crippen LogP contribution in [0.5, 0.6) is 0 Å². The summed E-state index contributed by atoms with van der Waals surface area (Å²) in [6.07, 6.45) is 9.47. The maximum atomic E-state index is 13.6. The Labute approximate surface area is 213 Å². The third-order valence-electron chi connectivity index (χ3n) is 7.79. The molecule has 3 heterocycles. The molecule has 1 N–H and O–H groups in total. The van der Waals surface area contributed by atoms with Gasteiger partial charge in [0.15, 0.2) is 0 Å². The molecule has 2 aliphatic rings. The van der Waals surface area contributed by atoms with E-state index in [1.54, 1.807) is 41.0 Å². The summed E-state index contributed by atoms with van der Waals surface area (Å²) in [5, 5.41) is 3.79. The molecule has 36 heavy (non-hydrogen) atoms. The highest BCUT2D eigenvalue weighted by atomic mass is 32.2. The number of hydrogen-bond donors (Lipinski definition) is 1. The highest BCUT2D eigenvalue weighted by molar-refractivity contribution is 7.89. The first-order valence-corrected chi connectivity index (χ1v) is 14.4. The second-order valence-corrected chi connectivity index (χ2v) is 12.3. The molecule has 2 atom stereocenters. The topological polar surface area (TPSA) is 92.3 Å². The van der Waals surface area contributed by atoms with E-state index in [-0.39, 0.29) is 16.8 Å². The molecule has 1 amide bonds. The lowest BCUT2D eigenvalue weighted by Crippen LogP contribution is -2.41. The van der Waals surface area contributed by atoms with Crippen molar-refractivity contribution in [2.24, 2.45) is 11.8 Å². The molecular weight excluding hydrogens is 472 g/mol. The third kappa shape index (κ3) is 5.02. The number of fused-ring (bicyclic) bond motifs is 1. The van der Waals surface area contributed by atoms with E-state index >= 15 is 0 Å². The van der Waals surface area contributed by atoms with Gasteiger partial charge in [-0.05, 0) is 73.9 Å². The lowest BCUT2D eigenvalue weighted by molar-refractivity contribution is 0.0912. The van der Waals surface area contributed by atoms with Crippen molar-refractivity contribution in [3.63, 3.8) is 0 Å². The smallest absolute Gasteiger partial charge is 0.252 e. The monoisotopic (exact) mass is 506 g/mol. The highest BCUT2D eigenvalue weighted by Gasteiger charge is 2.29. The fourth-order valence-corrected chi connectivity index (χ4v) is 6.86. The van der Waals surface area contributed by atoms with Crippen LogP contribution in [0.1, 0.15) is 62.7 Å². The summed E-state index contributed by atoms with van der Waals surface area (Å²) in [6, 6.07) is 10.6. The predicted molar refractivity (Wildman–Crippen MR) is 141 cm³/mol. The highest BCUT2D eigenvalue weighted by Crippen LogP contribution is 2.30.